The molecule has 0 heterocycles. The van der Waals surface area contributed by atoms with Crippen LogP contribution in [0.2, 0.25) is 0 Å². The van der Waals surface area contributed by atoms with Crippen LogP contribution in [0.25, 0.3) is 0 Å². The smallest absolute Gasteiger partial charge is 0.131 e. The summed E-state index contributed by atoms with van der Waals surface area (Å²) >= 11 is 5.09. The number of halogens is 1. The zero-order valence-electron chi connectivity index (χ0n) is 7.17. The van der Waals surface area contributed by atoms with Gasteiger partial charge >= 0.3 is 0 Å². The summed E-state index contributed by atoms with van der Waals surface area (Å²) in [5.74, 6) is -0.00639. The molecule has 0 nitrogen and oxygen atoms in total. The van der Waals surface area contributed by atoms with Crippen molar-refractivity contribution >= 4 is 17.1 Å². The first-order chi connectivity index (χ1) is 5.63. The van der Waals surface area contributed by atoms with Crippen molar-refractivity contribution in [1.29, 1.82) is 0 Å². The van der Waals surface area contributed by atoms with Crippen molar-refractivity contribution in [1.82, 2.24) is 0 Å². The lowest BCUT2D eigenvalue weighted by Crippen LogP contribution is -2.07. The molecule has 1 rings (SSSR count). The van der Waals surface area contributed by atoms with Crippen molar-refractivity contribution in [3.63, 3.8) is 0 Å². The van der Waals surface area contributed by atoms with E-state index in [1.54, 1.807) is 18.2 Å². The standard InChI is InChI=1S/C10H11FS/c1-7(2)10(12)8-5-3-4-6-9(8)11/h3-7H,1-2H3. The van der Waals surface area contributed by atoms with Crippen molar-refractivity contribution in [2.45, 2.75) is 13.8 Å². The molecular formula is C10H11FS. The molecule has 1 aromatic carbocycles. The van der Waals surface area contributed by atoms with Crippen molar-refractivity contribution < 1.29 is 4.39 Å². The molecule has 0 aromatic heterocycles. The topological polar surface area (TPSA) is 0 Å². The van der Waals surface area contributed by atoms with Crippen LogP contribution in [-0.4, -0.2) is 4.86 Å². The van der Waals surface area contributed by atoms with E-state index >= 15 is 0 Å². The van der Waals surface area contributed by atoms with Crippen LogP contribution in [0.4, 0.5) is 4.39 Å². The highest BCUT2D eigenvalue weighted by molar-refractivity contribution is 7.80. The van der Waals surface area contributed by atoms with Crippen LogP contribution >= 0.6 is 12.2 Å². The maximum atomic E-state index is 13.1. The lowest BCUT2D eigenvalue weighted by atomic mass is 10.0. The summed E-state index contributed by atoms with van der Waals surface area (Å²) < 4.78 is 13.1. The predicted molar refractivity (Wildman–Crippen MR) is 52.9 cm³/mol. The highest BCUT2D eigenvalue weighted by atomic mass is 32.1. The molecule has 0 amide bonds. The lowest BCUT2D eigenvalue weighted by molar-refractivity contribution is 0.624. The van der Waals surface area contributed by atoms with Crippen LogP contribution in [0, 0.1) is 11.7 Å². The number of hydrogen-bond acceptors (Lipinski definition) is 1. The largest absolute Gasteiger partial charge is 0.206 e. The van der Waals surface area contributed by atoms with E-state index < -0.39 is 0 Å². The molecule has 64 valence electrons. The summed E-state index contributed by atoms with van der Waals surface area (Å²) in [6, 6.07) is 6.62. The SMILES string of the molecule is CC(C)C(=S)c1ccccc1F. The summed E-state index contributed by atoms with van der Waals surface area (Å²) in [6.07, 6.45) is 0. The van der Waals surface area contributed by atoms with E-state index in [9.17, 15) is 4.39 Å². The summed E-state index contributed by atoms with van der Waals surface area (Å²) in [7, 11) is 0. The number of hydrogen-bond donors (Lipinski definition) is 0. The Morgan fingerprint density at radius 2 is 1.92 bits per heavy atom. The Kier molecular flexibility index (Phi) is 2.93. The first-order valence-electron chi connectivity index (χ1n) is 3.91. The Bertz CT molecular complexity index is 292. The van der Waals surface area contributed by atoms with E-state index in [1.807, 2.05) is 13.8 Å². The van der Waals surface area contributed by atoms with Crippen molar-refractivity contribution in [3.8, 4) is 0 Å². The molecule has 0 spiro atoms. The Morgan fingerprint density at radius 1 is 1.33 bits per heavy atom. The van der Waals surface area contributed by atoms with E-state index in [-0.39, 0.29) is 11.7 Å². The second-order valence-electron chi connectivity index (χ2n) is 3.00. The summed E-state index contributed by atoms with van der Waals surface area (Å²) in [6.45, 7) is 3.93. The minimum Gasteiger partial charge on any atom is -0.206 e. The Balaban J connectivity index is 3.03. The van der Waals surface area contributed by atoms with E-state index in [0.29, 0.717) is 10.4 Å². The van der Waals surface area contributed by atoms with E-state index in [4.69, 9.17) is 12.2 Å². The monoisotopic (exact) mass is 182 g/mol. The average molecular weight is 182 g/mol. The maximum Gasteiger partial charge on any atom is 0.131 e. The maximum absolute atomic E-state index is 13.1. The molecule has 0 aliphatic rings. The molecule has 0 aliphatic carbocycles. The fourth-order valence-electron chi connectivity index (χ4n) is 0.972. The first-order valence-corrected chi connectivity index (χ1v) is 4.32. The van der Waals surface area contributed by atoms with Gasteiger partial charge in [0.15, 0.2) is 0 Å². The first kappa shape index (κ1) is 9.33. The second kappa shape index (κ2) is 3.76. The van der Waals surface area contributed by atoms with Gasteiger partial charge in [-0.05, 0) is 12.0 Å². The van der Waals surface area contributed by atoms with Crippen molar-refractivity contribution in [3.05, 3.63) is 35.6 Å². The molecule has 0 radical (unpaired) electrons. The van der Waals surface area contributed by atoms with Gasteiger partial charge in [-0.15, -0.1) is 0 Å². The zero-order chi connectivity index (χ0) is 9.14. The highest BCUT2D eigenvalue weighted by Gasteiger charge is 2.09. The number of benzene rings is 1. The van der Waals surface area contributed by atoms with Crippen LogP contribution < -0.4 is 0 Å². The van der Waals surface area contributed by atoms with E-state index in [0.717, 1.165) is 0 Å². The van der Waals surface area contributed by atoms with Gasteiger partial charge in [0.1, 0.15) is 5.82 Å². The van der Waals surface area contributed by atoms with Gasteiger partial charge < -0.3 is 0 Å². The highest BCUT2D eigenvalue weighted by Crippen LogP contribution is 2.13. The van der Waals surface area contributed by atoms with Gasteiger partial charge in [-0.1, -0.05) is 44.3 Å². The Morgan fingerprint density at radius 3 is 2.42 bits per heavy atom. The molecule has 0 N–H and O–H groups in total. The van der Waals surface area contributed by atoms with Crippen LogP contribution in [0.3, 0.4) is 0 Å². The van der Waals surface area contributed by atoms with Crippen LogP contribution in [0.5, 0.6) is 0 Å². The van der Waals surface area contributed by atoms with Crippen molar-refractivity contribution in [2.24, 2.45) is 5.92 Å². The molecule has 0 aliphatic heterocycles. The number of rotatable bonds is 2. The van der Waals surface area contributed by atoms with Crippen LogP contribution in [0.1, 0.15) is 19.4 Å². The Hall–Kier alpha value is -0.760. The molecule has 0 saturated heterocycles. The van der Waals surface area contributed by atoms with Gasteiger partial charge in [-0.3, -0.25) is 0 Å². The summed E-state index contributed by atoms with van der Waals surface area (Å²) in [4.78, 5) is 0.688. The van der Waals surface area contributed by atoms with Gasteiger partial charge in [0.25, 0.3) is 0 Å². The molecule has 0 unspecified atom stereocenters. The molecule has 0 atom stereocenters. The molecule has 1 aromatic rings. The Labute approximate surface area is 77.4 Å². The lowest BCUT2D eigenvalue weighted by Gasteiger charge is -2.07. The molecule has 0 bridgehead atoms. The van der Waals surface area contributed by atoms with Gasteiger partial charge in [-0.2, -0.15) is 0 Å². The number of thiocarbonyl (C=S) groups is 1. The van der Waals surface area contributed by atoms with E-state index in [1.165, 1.54) is 6.07 Å². The third kappa shape index (κ3) is 1.89. The van der Waals surface area contributed by atoms with E-state index in [2.05, 4.69) is 0 Å². The third-order valence-corrected chi connectivity index (χ3v) is 2.36. The minimum absolute atomic E-state index is 0.219. The second-order valence-corrected chi connectivity index (χ2v) is 3.44. The quantitative estimate of drug-likeness (QED) is 0.500. The van der Waals surface area contributed by atoms with Gasteiger partial charge in [0, 0.05) is 10.4 Å². The molecule has 0 fully saturated rings. The fraction of sp³-hybridized carbons (Fsp3) is 0.300. The average Bonchev–Trinajstić information content (AvgIpc) is 2.04. The van der Waals surface area contributed by atoms with Crippen LogP contribution in [0.15, 0.2) is 24.3 Å². The normalized spacial score (nSPS) is 10.3. The summed E-state index contributed by atoms with van der Waals surface area (Å²) in [5, 5.41) is 0. The molecule has 12 heavy (non-hydrogen) atoms. The van der Waals surface area contributed by atoms with Crippen LogP contribution in [-0.2, 0) is 0 Å². The molecular weight excluding hydrogens is 171 g/mol. The minimum atomic E-state index is -0.226. The van der Waals surface area contributed by atoms with Gasteiger partial charge in [-0.25, -0.2) is 4.39 Å². The fourth-order valence-corrected chi connectivity index (χ4v) is 1.14. The van der Waals surface area contributed by atoms with Gasteiger partial charge in [0.05, 0.1) is 0 Å². The third-order valence-electron chi connectivity index (χ3n) is 1.66. The summed E-state index contributed by atoms with van der Waals surface area (Å²) in [5.41, 5.74) is 0.558. The molecule has 0 saturated carbocycles. The molecule has 2 heteroatoms. The van der Waals surface area contributed by atoms with Gasteiger partial charge in [0.2, 0.25) is 0 Å². The zero-order valence-corrected chi connectivity index (χ0v) is 7.99. The predicted octanol–water partition coefficient (Wildman–Crippen LogP) is 3.20. The van der Waals surface area contributed by atoms with Crippen molar-refractivity contribution in [2.75, 3.05) is 0 Å².